The first-order chi connectivity index (χ1) is 15.0. The molecule has 1 aromatic rings. The second kappa shape index (κ2) is 10.5. The fraction of sp³-hybridized carbons (Fsp3) is 0.583. The predicted molar refractivity (Wildman–Crippen MR) is 119 cm³/mol. The van der Waals surface area contributed by atoms with Gasteiger partial charge in [0.15, 0.2) is 5.41 Å². The fourth-order valence-electron chi connectivity index (χ4n) is 3.67. The molecule has 8 heteroatoms. The minimum atomic E-state index is -3.92. The molecule has 1 saturated heterocycles. The van der Waals surface area contributed by atoms with Crippen molar-refractivity contribution in [3.05, 3.63) is 29.8 Å². The van der Waals surface area contributed by atoms with Gasteiger partial charge in [-0.3, -0.25) is 9.59 Å². The van der Waals surface area contributed by atoms with Crippen LogP contribution in [0.5, 0.6) is 0 Å². The summed E-state index contributed by atoms with van der Waals surface area (Å²) >= 11 is 0. The molecule has 0 saturated carbocycles. The summed E-state index contributed by atoms with van der Waals surface area (Å²) in [7, 11) is -3.92. The Morgan fingerprint density at radius 3 is 2.16 bits per heavy atom. The fourth-order valence-corrected chi connectivity index (χ4v) is 4.55. The van der Waals surface area contributed by atoms with Gasteiger partial charge in [0.1, 0.15) is 0 Å². The van der Waals surface area contributed by atoms with Gasteiger partial charge in [-0.15, -0.1) is 0 Å². The number of sulfone groups is 1. The average Bonchev–Trinajstić information content (AvgIpc) is 3.05. The lowest BCUT2D eigenvalue weighted by atomic mass is 9.78. The molecule has 176 valence electrons. The maximum absolute atomic E-state index is 13.0. The van der Waals surface area contributed by atoms with E-state index in [4.69, 9.17) is 14.2 Å². The Kier molecular flexibility index (Phi) is 8.49. The van der Waals surface area contributed by atoms with Crippen LogP contribution in [0.2, 0.25) is 0 Å². The second-order valence-corrected chi connectivity index (χ2v) is 10.2. The van der Waals surface area contributed by atoms with Crippen LogP contribution in [0.25, 0.3) is 0 Å². The van der Waals surface area contributed by atoms with E-state index >= 15 is 0 Å². The Morgan fingerprint density at radius 2 is 1.69 bits per heavy atom. The SMILES string of the molecule is CCOC(=O)C(CC#CS(=O)(=O)c1ccc(C)cc1)(CC1CCC(C)(C)O1)C(=O)OCC. The van der Waals surface area contributed by atoms with E-state index in [1.807, 2.05) is 20.8 Å². The van der Waals surface area contributed by atoms with Gasteiger partial charge in [0, 0.05) is 18.1 Å². The van der Waals surface area contributed by atoms with E-state index in [2.05, 4.69) is 11.2 Å². The molecule has 1 fully saturated rings. The lowest BCUT2D eigenvalue weighted by Crippen LogP contribution is -2.44. The van der Waals surface area contributed by atoms with E-state index in [0.717, 1.165) is 12.0 Å². The molecule has 0 radical (unpaired) electrons. The zero-order valence-electron chi connectivity index (χ0n) is 19.4. The number of aryl methyl sites for hydroxylation is 1. The lowest BCUT2D eigenvalue weighted by Gasteiger charge is -2.30. The standard InChI is InChI=1S/C24H32O7S/c1-6-29-21(25)24(22(26)30-7-2,17-19-13-15-23(4,5)31-19)14-8-16-32(27,28)20-11-9-18(3)10-12-20/h9-12,19H,6-7,13-15,17H2,1-5H3. The van der Waals surface area contributed by atoms with Crippen molar-refractivity contribution < 1.29 is 32.2 Å². The van der Waals surface area contributed by atoms with Crippen LogP contribution in [0.3, 0.4) is 0 Å². The molecule has 7 nitrogen and oxygen atoms in total. The summed E-state index contributed by atoms with van der Waals surface area (Å²) in [4.78, 5) is 26.0. The molecule has 2 rings (SSSR count). The molecule has 1 aliphatic rings. The summed E-state index contributed by atoms with van der Waals surface area (Å²) in [5, 5.41) is 2.25. The summed E-state index contributed by atoms with van der Waals surface area (Å²) in [5.41, 5.74) is -1.23. The summed E-state index contributed by atoms with van der Waals surface area (Å²) < 4.78 is 41.7. The van der Waals surface area contributed by atoms with Gasteiger partial charge in [0.2, 0.25) is 9.84 Å². The highest BCUT2D eigenvalue weighted by atomic mass is 32.2. The summed E-state index contributed by atoms with van der Waals surface area (Å²) in [5.74, 6) is 0.991. The quantitative estimate of drug-likeness (QED) is 0.251. The predicted octanol–water partition coefficient (Wildman–Crippen LogP) is 3.58. The Bertz CT molecular complexity index is 963. The molecule has 0 N–H and O–H groups in total. The van der Waals surface area contributed by atoms with Gasteiger partial charge in [0.05, 0.1) is 29.8 Å². The van der Waals surface area contributed by atoms with Crippen molar-refractivity contribution in [1.29, 1.82) is 0 Å². The lowest BCUT2D eigenvalue weighted by molar-refractivity contribution is -0.175. The first kappa shape index (κ1) is 25.9. The highest BCUT2D eigenvalue weighted by molar-refractivity contribution is 7.96. The van der Waals surface area contributed by atoms with Crippen LogP contribution in [0.15, 0.2) is 29.2 Å². The monoisotopic (exact) mass is 464 g/mol. The van der Waals surface area contributed by atoms with Crippen LogP contribution < -0.4 is 0 Å². The Labute approximate surface area is 190 Å². The molecule has 1 heterocycles. The highest BCUT2D eigenvalue weighted by Gasteiger charge is 2.51. The zero-order valence-corrected chi connectivity index (χ0v) is 20.2. The molecular weight excluding hydrogens is 432 g/mol. The number of hydrogen-bond donors (Lipinski definition) is 0. The number of ether oxygens (including phenoxy) is 3. The summed E-state index contributed by atoms with van der Waals surface area (Å²) in [6, 6.07) is 6.29. The van der Waals surface area contributed by atoms with Crippen molar-refractivity contribution in [2.24, 2.45) is 5.41 Å². The Balaban J connectivity index is 2.40. The van der Waals surface area contributed by atoms with Crippen molar-refractivity contribution >= 4 is 21.8 Å². The Hall–Kier alpha value is -2.37. The van der Waals surface area contributed by atoms with Gasteiger partial charge >= 0.3 is 11.9 Å². The third kappa shape index (κ3) is 6.33. The maximum Gasteiger partial charge on any atom is 0.324 e. The summed E-state index contributed by atoms with van der Waals surface area (Å²) in [6.45, 7) is 9.13. The van der Waals surface area contributed by atoms with Gasteiger partial charge in [-0.25, -0.2) is 8.42 Å². The third-order valence-corrected chi connectivity index (χ3v) is 6.70. The van der Waals surface area contributed by atoms with E-state index < -0.39 is 27.2 Å². The van der Waals surface area contributed by atoms with E-state index in [-0.39, 0.29) is 42.7 Å². The molecular formula is C24H32O7S. The number of benzene rings is 1. The molecule has 0 aliphatic carbocycles. The molecule has 1 aliphatic heterocycles. The molecule has 1 aromatic carbocycles. The first-order valence-corrected chi connectivity index (χ1v) is 12.3. The normalized spacial score (nSPS) is 17.8. The molecule has 32 heavy (non-hydrogen) atoms. The van der Waals surface area contributed by atoms with Crippen molar-refractivity contribution in [2.75, 3.05) is 13.2 Å². The summed E-state index contributed by atoms with van der Waals surface area (Å²) in [6.07, 6.45) is 0.702. The minimum absolute atomic E-state index is 0.00730. The van der Waals surface area contributed by atoms with Gasteiger partial charge in [0.25, 0.3) is 0 Å². The van der Waals surface area contributed by atoms with Crippen LogP contribution in [0.1, 0.15) is 58.9 Å². The smallest absolute Gasteiger partial charge is 0.324 e. The topological polar surface area (TPSA) is 96.0 Å². The van der Waals surface area contributed by atoms with Gasteiger partial charge < -0.3 is 14.2 Å². The zero-order chi connectivity index (χ0) is 24.0. The van der Waals surface area contributed by atoms with Gasteiger partial charge in [-0.2, -0.15) is 0 Å². The van der Waals surface area contributed by atoms with Gasteiger partial charge in [-0.1, -0.05) is 23.6 Å². The highest BCUT2D eigenvalue weighted by Crippen LogP contribution is 2.39. The van der Waals surface area contributed by atoms with Crippen LogP contribution in [0, 0.1) is 23.5 Å². The second-order valence-electron chi connectivity index (χ2n) is 8.54. The van der Waals surface area contributed by atoms with Gasteiger partial charge in [-0.05, 0) is 59.6 Å². The molecule has 1 atom stereocenters. The van der Waals surface area contributed by atoms with E-state index in [0.29, 0.717) is 6.42 Å². The Morgan fingerprint density at radius 1 is 1.12 bits per heavy atom. The number of hydrogen-bond acceptors (Lipinski definition) is 7. The van der Waals surface area contributed by atoms with Crippen molar-refractivity contribution in [1.82, 2.24) is 0 Å². The number of carbonyl (C=O) groups is 2. The van der Waals surface area contributed by atoms with Crippen molar-refractivity contribution in [3.8, 4) is 11.2 Å². The van der Waals surface area contributed by atoms with E-state index in [1.54, 1.807) is 26.0 Å². The molecule has 1 unspecified atom stereocenters. The van der Waals surface area contributed by atoms with Crippen LogP contribution in [-0.2, 0) is 33.6 Å². The largest absolute Gasteiger partial charge is 0.465 e. The molecule has 0 bridgehead atoms. The van der Waals surface area contributed by atoms with Crippen LogP contribution in [-0.4, -0.2) is 45.3 Å². The van der Waals surface area contributed by atoms with E-state index in [9.17, 15) is 18.0 Å². The molecule has 0 amide bonds. The van der Waals surface area contributed by atoms with Crippen molar-refractivity contribution in [2.45, 2.75) is 76.9 Å². The molecule has 0 aromatic heterocycles. The van der Waals surface area contributed by atoms with Crippen LogP contribution >= 0.6 is 0 Å². The molecule has 0 spiro atoms. The number of esters is 2. The number of rotatable bonds is 8. The minimum Gasteiger partial charge on any atom is -0.465 e. The maximum atomic E-state index is 13.0. The van der Waals surface area contributed by atoms with Crippen molar-refractivity contribution in [3.63, 3.8) is 0 Å². The first-order valence-electron chi connectivity index (χ1n) is 10.8. The van der Waals surface area contributed by atoms with E-state index in [1.165, 1.54) is 12.1 Å². The average molecular weight is 465 g/mol. The van der Waals surface area contributed by atoms with Crippen LogP contribution in [0.4, 0.5) is 0 Å². The third-order valence-electron chi connectivity index (χ3n) is 5.39. The number of carbonyl (C=O) groups excluding carboxylic acids is 2.